The fraction of sp³-hybridized carbons (Fsp3) is 0.750. The molecule has 8 heavy (non-hydrogen) atoms. The summed E-state index contributed by atoms with van der Waals surface area (Å²) in [6.07, 6.45) is 0. The quantitative estimate of drug-likeness (QED) is 0.475. The van der Waals surface area contributed by atoms with Crippen LogP contribution in [0.25, 0.3) is 0 Å². The summed E-state index contributed by atoms with van der Waals surface area (Å²) >= 11 is 3.78. The fourth-order valence-corrected chi connectivity index (χ4v) is 0.649. The second-order valence-corrected chi connectivity index (χ2v) is 1.98. The molecule has 4 heteroatoms. The number of nitrogens with zero attached hydrogens (tertiary/aromatic N) is 1. The van der Waals surface area contributed by atoms with E-state index in [1.165, 1.54) is 0 Å². The van der Waals surface area contributed by atoms with Gasteiger partial charge in [0.05, 0.1) is 13.2 Å². The lowest BCUT2D eigenvalue weighted by Gasteiger charge is -2.08. The van der Waals surface area contributed by atoms with Crippen LogP contribution in [0.15, 0.2) is 0 Å². The summed E-state index contributed by atoms with van der Waals surface area (Å²) in [6, 6.07) is 1.76. The zero-order valence-electron chi connectivity index (χ0n) is 4.13. The Bertz CT molecular complexity index is 124. The summed E-state index contributed by atoms with van der Waals surface area (Å²) in [4.78, 5) is 0. The van der Waals surface area contributed by atoms with Gasteiger partial charge in [0, 0.05) is 0 Å². The van der Waals surface area contributed by atoms with Crippen molar-refractivity contribution in [2.75, 3.05) is 13.2 Å². The molecule has 3 nitrogen and oxygen atoms in total. The molecule has 0 atom stereocenters. The molecule has 1 saturated heterocycles. The summed E-state index contributed by atoms with van der Waals surface area (Å²) in [6.45, 7) is 0.911. The predicted octanol–water partition coefficient (Wildman–Crippen LogP) is 0.140. The monoisotopic (exact) mass is 131 g/mol. The van der Waals surface area contributed by atoms with E-state index in [-0.39, 0.29) is 0 Å². The first kappa shape index (κ1) is 5.89. The Kier molecular flexibility index (Phi) is 1.43. The highest BCUT2D eigenvalue weighted by Crippen LogP contribution is 2.21. The van der Waals surface area contributed by atoms with E-state index in [1.807, 2.05) is 0 Å². The van der Waals surface area contributed by atoms with Crippen LogP contribution in [0.2, 0.25) is 0 Å². The van der Waals surface area contributed by atoms with Crippen molar-refractivity contribution >= 4 is 12.6 Å². The highest BCUT2D eigenvalue weighted by Gasteiger charge is 2.31. The second kappa shape index (κ2) is 1.94. The average molecular weight is 131 g/mol. The number of thiol groups is 1. The lowest BCUT2D eigenvalue weighted by atomic mass is 10.7. The van der Waals surface area contributed by atoms with Crippen molar-refractivity contribution in [3.8, 4) is 6.07 Å². The Hall–Kier alpha value is -0.240. The normalized spacial score (nSPS) is 25.0. The Balaban J connectivity index is 2.56. The van der Waals surface area contributed by atoms with Gasteiger partial charge in [-0.05, 0) is 0 Å². The molecule has 1 heterocycles. The van der Waals surface area contributed by atoms with Crippen LogP contribution >= 0.6 is 12.6 Å². The Morgan fingerprint density at radius 3 is 2.25 bits per heavy atom. The number of hydrogen-bond donors (Lipinski definition) is 1. The van der Waals surface area contributed by atoms with Crippen LogP contribution in [0.1, 0.15) is 0 Å². The molecular weight excluding hydrogens is 126 g/mol. The molecule has 1 aliphatic rings. The molecule has 1 rings (SSSR count). The van der Waals surface area contributed by atoms with E-state index < -0.39 is 5.12 Å². The summed E-state index contributed by atoms with van der Waals surface area (Å²) < 4.78 is 9.54. The Morgan fingerprint density at radius 1 is 1.50 bits per heavy atom. The zero-order valence-corrected chi connectivity index (χ0v) is 5.02. The van der Waals surface area contributed by atoms with Gasteiger partial charge in [0.1, 0.15) is 6.07 Å². The topological polar surface area (TPSA) is 42.2 Å². The molecule has 1 fully saturated rings. The second-order valence-electron chi connectivity index (χ2n) is 1.39. The van der Waals surface area contributed by atoms with Gasteiger partial charge < -0.3 is 9.47 Å². The van der Waals surface area contributed by atoms with Crippen LogP contribution in [-0.2, 0) is 9.47 Å². The summed E-state index contributed by atoms with van der Waals surface area (Å²) in [5, 5.41) is 6.98. The number of hydrogen-bond acceptors (Lipinski definition) is 4. The molecule has 0 saturated carbocycles. The largest absolute Gasteiger partial charge is 0.327 e. The maximum atomic E-state index is 8.25. The molecule has 0 bridgehead atoms. The molecule has 0 aliphatic carbocycles. The van der Waals surface area contributed by atoms with Crippen molar-refractivity contribution in [3.05, 3.63) is 0 Å². The van der Waals surface area contributed by atoms with E-state index in [4.69, 9.17) is 14.7 Å². The number of ether oxygens (including phenoxy) is 2. The summed E-state index contributed by atoms with van der Waals surface area (Å²) in [7, 11) is 0. The highest BCUT2D eigenvalue weighted by atomic mass is 32.1. The molecular formula is C4H5NO2S. The lowest BCUT2D eigenvalue weighted by molar-refractivity contribution is -0.0265. The lowest BCUT2D eigenvalue weighted by Crippen LogP contribution is -2.18. The van der Waals surface area contributed by atoms with E-state index in [9.17, 15) is 0 Å². The van der Waals surface area contributed by atoms with E-state index in [0.29, 0.717) is 13.2 Å². The molecule has 44 valence electrons. The van der Waals surface area contributed by atoms with Crippen molar-refractivity contribution in [1.29, 1.82) is 5.26 Å². The maximum Gasteiger partial charge on any atom is 0.308 e. The van der Waals surface area contributed by atoms with Crippen LogP contribution in [-0.4, -0.2) is 18.3 Å². The van der Waals surface area contributed by atoms with Gasteiger partial charge in [-0.3, -0.25) is 0 Å². The minimum absolute atomic E-state index is 0.455. The van der Waals surface area contributed by atoms with Crippen LogP contribution in [0.5, 0.6) is 0 Å². The third kappa shape index (κ3) is 0.944. The third-order valence-corrected chi connectivity index (χ3v) is 1.18. The van der Waals surface area contributed by atoms with Gasteiger partial charge in [0.15, 0.2) is 0 Å². The number of nitriles is 1. The first-order valence-corrected chi connectivity index (χ1v) is 2.63. The van der Waals surface area contributed by atoms with Gasteiger partial charge in [0.25, 0.3) is 0 Å². The smallest absolute Gasteiger partial charge is 0.308 e. The van der Waals surface area contributed by atoms with Crippen LogP contribution in [0.3, 0.4) is 0 Å². The van der Waals surface area contributed by atoms with Crippen molar-refractivity contribution in [1.82, 2.24) is 0 Å². The predicted molar refractivity (Wildman–Crippen MR) is 29.2 cm³/mol. The van der Waals surface area contributed by atoms with Crippen molar-refractivity contribution in [2.24, 2.45) is 0 Å². The van der Waals surface area contributed by atoms with Gasteiger partial charge in [0.2, 0.25) is 0 Å². The van der Waals surface area contributed by atoms with Crippen molar-refractivity contribution in [2.45, 2.75) is 5.12 Å². The molecule has 0 aromatic carbocycles. The molecule has 0 aromatic rings. The maximum absolute atomic E-state index is 8.25. The summed E-state index contributed by atoms with van der Waals surface area (Å²) in [5.41, 5.74) is 0. The average Bonchev–Trinajstić information content (AvgIpc) is 2.17. The molecule has 0 spiro atoms. The number of rotatable bonds is 0. The van der Waals surface area contributed by atoms with Gasteiger partial charge in [-0.15, -0.1) is 0 Å². The first-order valence-electron chi connectivity index (χ1n) is 2.18. The van der Waals surface area contributed by atoms with E-state index in [2.05, 4.69) is 12.6 Å². The van der Waals surface area contributed by atoms with Crippen molar-refractivity contribution in [3.63, 3.8) is 0 Å². The van der Waals surface area contributed by atoms with Crippen LogP contribution in [0.4, 0.5) is 0 Å². The van der Waals surface area contributed by atoms with E-state index in [1.54, 1.807) is 6.07 Å². The fourth-order valence-electron chi connectivity index (χ4n) is 0.466. The minimum Gasteiger partial charge on any atom is -0.327 e. The zero-order chi connectivity index (χ0) is 6.04. The molecule has 0 N–H and O–H groups in total. The van der Waals surface area contributed by atoms with E-state index >= 15 is 0 Å². The van der Waals surface area contributed by atoms with Crippen LogP contribution in [0, 0.1) is 11.3 Å². The van der Waals surface area contributed by atoms with Crippen molar-refractivity contribution < 1.29 is 9.47 Å². The molecule has 0 amide bonds. The van der Waals surface area contributed by atoms with E-state index in [0.717, 1.165) is 0 Å². The van der Waals surface area contributed by atoms with Crippen LogP contribution < -0.4 is 0 Å². The molecule has 1 aliphatic heterocycles. The van der Waals surface area contributed by atoms with Gasteiger partial charge in [-0.2, -0.15) is 5.26 Å². The Labute approximate surface area is 52.6 Å². The highest BCUT2D eigenvalue weighted by molar-refractivity contribution is 7.81. The van der Waals surface area contributed by atoms with Gasteiger partial charge in [-0.25, -0.2) is 0 Å². The minimum atomic E-state index is -1.26. The standard InChI is InChI=1S/C4H5NO2S/c5-3-4(8)6-1-2-7-4/h8H,1-2H2. The van der Waals surface area contributed by atoms with Gasteiger partial charge in [-0.1, -0.05) is 12.6 Å². The molecule has 0 radical (unpaired) electrons. The van der Waals surface area contributed by atoms with Gasteiger partial charge >= 0.3 is 5.12 Å². The summed E-state index contributed by atoms with van der Waals surface area (Å²) in [5.74, 6) is 0. The third-order valence-electron chi connectivity index (χ3n) is 0.820. The SMILES string of the molecule is N#CC1(S)OCCO1. The molecule has 0 aromatic heterocycles. The Morgan fingerprint density at radius 2 is 2.00 bits per heavy atom. The molecule has 0 unspecified atom stereocenters. The first-order chi connectivity index (χ1) is 3.77.